The molecule has 0 aliphatic rings. The van der Waals surface area contributed by atoms with Crippen LogP contribution in [0.15, 0.2) is 53.7 Å². The highest BCUT2D eigenvalue weighted by atomic mass is 32.2. The van der Waals surface area contributed by atoms with Crippen molar-refractivity contribution in [2.45, 2.75) is 24.0 Å². The third-order valence-corrected chi connectivity index (χ3v) is 4.42. The van der Waals surface area contributed by atoms with Crippen LogP contribution in [0.5, 0.6) is 11.5 Å². The average molecular weight is 398 g/mol. The normalized spacial score (nSPS) is 10.6. The van der Waals surface area contributed by atoms with Gasteiger partial charge in [0, 0.05) is 28.6 Å². The van der Waals surface area contributed by atoms with E-state index in [9.17, 15) is 8.78 Å². The van der Waals surface area contributed by atoms with E-state index in [-0.39, 0.29) is 5.75 Å². The number of hydrogen-bond acceptors (Lipinski definition) is 6. The first-order chi connectivity index (χ1) is 13.4. The molecule has 3 rings (SSSR count). The monoisotopic (exact) mass is 398 g/mol. The SMILES string of the molecule is CC(C)Sc1cnc(Nc2ccc(C#N)cn2)c(Oc2ccc(F)c(F)c2)c1. The van der Waals surface area contributed by atoms with Crippen LogP contribution in [0.2, 0.25) is 0 Å². The van der Waals surface area contributed by atoms with Gasteiger partial charge in [-0.05, 0) is 30.3 Å². The molecule has 0 saturated carbocycles. The Hall–Kier alpha value is -3.18. The smallest absolute Gasteiger partial charge is 0.175 e. The maximum absolute atomic E-state index is 13.5. The predicted octanol–water partition coefficient (Wildman–Crippen LogP) is 5.66. The lowest BCUT2D eigenvalue weighted by molar-refractivity contribution is 0.460. The molecule has 0 atom stereocenters. The van der Waals surface area contributed by atoms with E-state index in [1.165, 1.54) is 12.3 Å². The minimum Gasteiger partial charge on any atom is -0.453 e. The van der Waals surface area contributed by atoms with E-state index in [1.54, 1.807) is 36.2 Å². The van der Waals surface area contributed by atoms with Crippen molar-refractivity contribution >= 4 is 23.4 Å². The molecule has 0 aliphatic carbocycles. The van der Waals surface area contributed by atoms with Gasteiger partial charge in [0.15, 0.2) is 23.2 Å². The van der Waals surface area contributed by atoms with E-state index >= 15 is 0 Å². The van der Waals surface area contributed by atoms with Gasteiger partial charge in [-0.25, -0.2) is 18.7 Å². The molecule has 3 aromatic rings. The van der Waals surface area contributed by atoms with Gasteiger partial charge in [0.1, 0.15) is 17.6 Å². The lowest BCUT2D eigenvalue weighted by atomic mass is 10.3. The second-order valence-electron chi connectivity index (χ2n) is 6.03. The molecule has 0 fully saturated rings. The summed E-state index contributed by atoms with van der Waals surface area (Å²) in [4.78, 5) is 9.39. The fraction of sp³-hybridized carbons (Fsp3) is 0.150. The van der Waals surface area contributed by atoms with Gasteiger partial charge in [-0.1, -0.05) is 13.8 Å². The van der Waals surface area contributed by atoms with Gasteiger partial charge < -0.3 is 10.1 Å². The number of nitrogens with one attached hydrogen (secondary N) is 1. The summed E-state index contributed by atoms with van der Waals surface area (Å²) in [6, 6.07) is 10.3. The summed E-state index contributed by atoms with van der Waals surface area (Å²) in [5.74, 6) is -0.650. The molecule has 2 heterocycles. The molecule has 0 bridgehead atoms. The van der Waals surface area contributed by atoms with Gasteiger partial charge in [0.05, 0.1) is 5.56 Å². The molecule has 0 unspecified atom stereocenters. The lowest BCUT2D eigenvalue weighted by Gasteiger charge is -2.14. The Morgan fingerprint density at radius 2 is 1.89 bits per heavy atom. The highest BCUT2D eigenvalue weighted by Gasteiger charge is 2.12. The molecule has 1 aromatic carbocycles. The molecule has 0 spiro atoms. The molecule has 0 radical (unpaired) electrons. The number of ether oxygens (including phenoxy) is 1. The Morgan fingerprint density at radius 3 is 2.54 bits per heavy atom. The summed E-state index contributed by atoms with van der Waals surface area (Å²) < 4.78 is 32.5. The highest BCUT2D eigenvalue weighted by Crippen LogP contribution is 2.34. The second kappa shape index (κ2) is 8.67. The summed E-state index contributed by atoms with van der Waals surface area (Å²) in [5.41, 5.74) is 0.431. The summed E-state index contributed by atoms with van der Waals surface area (Å²) in [5, 5.41) is 12.2. The third-order valence-electron chi connectivity index (χ3n) is 3.46. The fourth-order valence-corrected chi connectivity index (χ4v) is 3.09. The minimum atomic E-state index is -0.999. The van der Waals surface area contributed by atoms with E-state index < -0.39 is 11.6 Å². The third kappa shape index (κ3) is 4.96. The van der Waals surface area contributed by atoms with Crippen LogP contribution in [0.25, 0.3) is 0 Å². The van der Waals surface area contributed by atoms with Gasteiger partial charge in [-0.3, -0.25) is 0 Å². The maximum Gasteiger partial charge on any atom is 0.175 e. The van der Waals surface area contributed by atoms with Crippen LogP contribution in [-0.4, -0.2) is 15.2 Å². The highest BCUT2D eigenvalue weighted by molar-refractivity contribution is 7.99. The quantitative estimate of drug-likeness (QED) is 0.540. The largest absolute Gasteiger partial charge is 0.453 e. The maximum atomic E-state index is 13.5. The van der Waals surface area contributed by atoms with Crippen molar-refractivity contribution in [3.05, 3.63) is 66.0 Å². The zero-order valence-corrected chi connectivity index (χ0v) is 15.9. The minimum absolute atomic E-state index is 0.142. The Balaban J connectivity index is 1.93. The molecule has 28 heavy (non-hydrogen) atoms. The van der Waals surface area contributed by atoms with Crippen LogP contribution in [0, 0.1) is 23.0 Å². The van der Waals surface area contributed by atoms with E-state index in [0.717, 1.165) is 17.0 Å². The number of pyridine rings is 2. The number of rotatable bonds is 6. The fourth-order valence-electron chi connectivity index (χ4n) is 2.26. The zero-order valence-electron chi connectivity index (χ0n) is 15.1. The number of anilines is 2. The van der Waals surface area contributed by atoms with Gasteiger partial charge >= 0.3 is 0 Å². The van der Waals surface area contributed by atoms with Gasteiger partial charge in [-0.2, -0.15) is 5.26 Å². The number of nitriles is 1. The van der Waals surface area contributed by atoms with E-state index in [0.29, 0.717) is 28.2 Å². The summed E-state index contributed by atoms with van der Waals surface area (Å²) >= 11 is 1.59. The number of hydrogen-bond donors (Lipinski definition) is 1. The van der Waals surface area contributed by atoms with Crippen LogP contribution in [0.1, 0.15) is 19.4 Å². The lowest BCUT2D eigenvalue weighted by Crippen LogP contribution is -2.00. The Labute approximate surface area is 165 Å². The first-order valence-electron chi connectivity index (χ1n) is 8.37. The zero-order chi connectivity index (χ0) is 20.1. The number of aromatic nitrogens is 2. The summed E-state index contributed by atoms with van der Waals surface area (Å²) in [6.07, 6.45) is 3.12. The van der Waals surface area contributed by atoms with E-state index in [1.807, 2.05) is 19.9 Å². The van der Waals surface area contributed by atoms with Crippen molar-refractivity contribution in [3.63, 3.8) is 0 Å². The molecule has 0 aliphatic heterocycles. The van der Waals surface area contributed by atoms with Crippen molar-refractivity contribution < 1.29 is 13.5 Å². The van der Waals surface area contributed by atoms with Crippen molar-refractivity contribution in [2.75, 3.05) is 5.32 Å². The first-order valence-corrected chi connectivity index (χ1v) is 9.25. The van der Waals surface area contributed by atoms with Gasteiger partial charge in [0.2, 0.25) is 0 Å². The summed E-state index contributed by atoms with van der Waals surface area (Å²) in [7, 11) is 0. The van der Waals surface area contributed by atoms with Crippen molar-refractivity contribution in [1.82, 2.24) is 9.97 Å². The van der Waals surface area contributed by atoms with E-state index in [2.05, 4.69) is 15.3 Å². The van der Waals surface area contributed by atoms with Crippen molar-refractivity contribution in [2.24, 2.45) is 0 Å². The average Bonchev–Trinajstić information content (AvgIpc) is 2.67. The molecule has 1 N–H and O–H groups in total. The number of nitrogens with zero attached hydrogens (tertiary/aromatic N) is 3. The summed E-state index contributed by atoms with van der Waals surface area (Å²) in [6.45, 7) is 4.10. The van der Waals surface area contributed by atoms with Crippen LogP contribution in [0.3, 0.4) is 0 Å². The molecule has 0 amide bonds. The Bertz CT molecular complexity index is 1020. The van der Waals surface area contributed by atoms with Crippen LogP contribution in [-0.2, 0) is 0 Å². The van der Waals surface area contributed by atoms with Gasteiger partial charge in [0.25, 0.3) is 0 Å². The number of benzene rings is 1. The molecular weight excluding hydrogens is 382 g/mol. The molecule has 2 aromatic heterocycles. The van der Waals surface area contributed by atoms with E-state index in [4.69, 9.17) is 10.00 Å². The van der Waals surface area contributed by atoms with Crippen molar-refractivity contribution in [3.8, 4) is 17.6 Å². The molecule has 5 nitrogen and oxygen atoms in total. The standard InChI is InChI=1S/C20H16F2N4OS/c1-12(2)28-15-8-18(27-14-4-5-16(21)17(22)7-14)20(25-11-15)26-19-6-3-13(9-23)10-24-19/h3-8,10-12H,1-2H3,(H,24,25,26). The molecule has 0 saturated heterocycles. The van der Waals surface area contributed by atoms with Crippen molar-refractivity contribution in [1.29, 1.82) is 5.26 Å². The second-order valence-corrected chi connectivity index (χ2v) is 7.68. The molecular formula is C20H16F2N4OS. The van der Waals surface area contributed by atoms with Crippen LogP contribution in [0.4, 0.5) is 20.4 Å². The van der Waals surface area contributed by atoms with Gasteiger partial charge in [-0.15, -0.1) is 11.8 Å². The Kier molecular flexibility index (Phi) is 6.06. The number of halogens is 2. The molecule has 8 heteroatoms. The molecule has 142 valence electrons. The Morgan fingerprint density at radius 1 is 1.07 bits per heavy atom. The van der Waals surface area contributed by atoms with Crippen LogP contribution >= 0.6 is 11.8 Å². The number of thioether (sulfide) groups is 1. The topological polar surface area (TPSA) is 70.8 Å². The first kappa shape index (κ1) is 19.6. The predicted molar refractivity (Wildman–Crippen MR) is 104 cm³/mol. The van der Waals surface area contributed by atoms with Crippen LogP contribution < -0.4 is 10.1 Å².